The summed E-state index contributed by atoms with van der Waals surface area (Å²) in [4.78, 5) is 0. The molecule has 0 aliphatic carbocycles. The number of fused-ring (bicyclic) bond motifs is 1. The third kappa shape index (κ3) is 1.77. The fourth-order valence-electron chi connectivity index (χ4n) is 2.37. The normalized spacial score (nSPS) is 18.1. The Bertz CT molecular complexity index is 425. The smallest absolute Gasteiger partial charge is 0.130 e. The van der Waals surface area contributed by atoms with Crippen molar-refractivity contribution >= 4 is 0 Å². The lowest BCUT2D eigenvalue weighted by Crippen LogP contribution is -2.25. The predicted octanol–water partition coefficient (Wildman–Crippen LogP) is 3.40. The highest BCUT2D eigenvalue weighted by molar-refractivity contribution is 5.55. The molecule has 1 aromatic carbocycles. The van der Waals surface area contributed by atoms with Crippen LogP contribution in [-0.4, -0.2) is 10.7 Å². The minimum atomic E-state index is -0.157. The number of aromatic hydroxyl groups is 1. The van der Waals surface area contributed by atoms with Gasteiger partial charge in [0.1, 0.15) is 17.1 Å². The summed E-state index contributed by atoms with van der Waals surface area (Å²) in [5.74, 6) is 1.22. The van der Waals surface area contributed by atoms with Crippen molar-refractivity contribution in [3.63, 3.8) is 0 Å². The van der Waals surface area contributed by atoms with Crippen LogP contribution in [0, 0.1) is 0 Å². The molecule has 0 radical (unpaired) electrons. The van der Waals surface area contributed by atoms with Gasteiger partial charge in [-0.1, -0.05) is 26.8 Å². The molecule has 0 unspecified atom stereocenters. The molecular weight excluding hydrogens is 200 g/mol. The first-order valence-corrected chi connectivity index (χ1v) is 5.75. The zero-order valence-corrected chi connectivity index (χ0v) is 10.7. The van der Waals surface area contributed by atoms with Crippen molar-refractivity contribution < 1.29 is 9.84 Å². The van der Waals surface area contributed by atoms with Crippen LogP contribution in [0.5, 0.6) is 11.5 Å². The number of phenolic OH excluding ortho intramolecular Hbond substituents is 1. The SMILES string of the molecule is CC1(C)Cc2ccc(O)c(C(C)(C)C)c2O1. The summed E-state index contributed by atoms with van der Waals surface area (Å²) in [6.45, 7) is 10.4. The zero-order chi connectivity index (χ0) is 12.1. The van der Waals surface area contributed by atoms with E-state index >= 15 is 0 Å². The maximum absolute atomic E-state index is 10.0. The van der Waals surface area contributed by atoms with Gasteiger partial charge in [0.05, 0.1) is 0 Å². The molecule has 0 saturated carbocycles. The van der Waals surface area contributed by atoms with Crippen molar-refractivity contribution in [2.45, 2.75) is 52.1 Å². The minimum absolute atomic E-state index is 0.101. The standard InChI is InChI=1S/C14H20O2/c1-13(2,3)11-10(15)7-6-9-8-14(4,5)16-12(9)11/h6-7,15H,8H2,1-5H3. The van der Waals surface area contributed by atoms with Crippen molar-refractivity contribution in [3.05, 3.63) is 23.3 Å². The van der Waals surface area contributed by atoms with E-state index in [1.165, 1.54) is 5.56 Å². The molecule has 0 bridgehead atoms. The molecule has 2 rings (SSSR count). The van der Waals surface area contributed by atoms with E-state index in [-0.39, 0.29) is 11.0 Å². The van der Waals surface area contributed by atoms with Crippen LogP contribution in [0.4, 0.5) is 0 Å². The Balaban J connectivity index is 2.61. The molecule has 0 spiro atoms. The molecule has 0 saturated heterocycles. The molecule has 1 aromatic rings. The molecule has 0 aromatic heterocycles. The Hall–Kier alpha value is -1.18. The van der Waals surface area contributed by atoms with Crippen molar-refractivity contribution in [1.29, 1.82) is 0 Å². The Morgan fingerprint density at radius 1 is 1.25 bits per heavy atom. The van der Waals surface area contributed by atoms with Crippen molar-refractivity contribution in [2.24, 2.45) is 0 Å². The van der Waals surface area contributed by atoms with Crippen LogP contribution >= 0.6 is 0 Å². The number of phenols is 1. The van der Waals surface area contributed by atoms with Crippen molar-refractivity contribution in [1.82, 2.24) is 0 Å². The first kappa shape index (κ1) is 11.3. The fourth-order valence-corrected chi connectivity index (χ4v) is 2.37. The van der Waals surface area contributed by atoms with E-state index < -0.39 is 0 Å². The van der Waals surface area contributed by atoms with Crippen LogP contribution < -0.4 is 4.74 Å². The summed E-state index contributed by atoms with van der Waals surface area (Å²) in [7, 11) is 0. The molecule has 0 amide bonds. The average Bonchev–Trinajstić information content (AvgIpc) is 2.35. The Labute approximate surface area is 97.3 Å². The highest BCUT2D eigenvalue weighted by Gasteiger charge is 2.35. The summed E-state index contributed by atoms with van der Waals surface area (Å²) < 4.78 is 5.97. The number of benzene rings is 1. The highest BCUT2D eigenvalue weighted by atomic mass is 16.5. The molecule has 0 atom stereocenters. The van der Waals surface area contributed by atoms with Gasteiger partial charge in [0.2, 0.25) is 0 Å². The van der Waals surface area contributed by atoms with E-state index in [0.29, 0.717) is 5.75 Å². The second-order valence-electron chi connectivity index (χ2n) is 6.24. The van der Waals surface area contributed by atoms with Crippen LogP contribution in [0.25, 0.3) is 0 Å². The summed E-state index contributed by atoms with van der Waals surface area (Å²) in [6.07, 6.45) is 0.908. The summed E-state index contributed by atoms with van der Waals surface area (Å²) in [5, 5.41) is 10.0. The van der Waals surface area contributed by atoms with Crippen LogP contribution in [0.3, 0.4) is 0 Å². The number of hydrogen-bond acceptors (Lipinski definition) is 2. The first-order chi connectivity index (χ1) is 7.21. The topological polar surface area (TPSA) is 29.5 Å². The van der Waals surface area contributed by atoms with Crippen molar-refractivity contribution in [2.75, 3.05) is 0 Å². The second kappa shape index (κ2) is 3.16. The molecule has 88 valence electrons. The van der Waals surface area contributed by atoms with E-state index in [1.54, 1.807) is 6.07 Å². The summed E-state index contributed by atoms with van der Waals surface area (Å²) >= 11 is 0. The lowest BCUT2D eigenvalue weighted by Gasteiger charge is -2.25. The van der Waals surface area contributed by atoms with Crippen LogP contribution in [-0.2, 0) is 11.8 Å². The largest absolute Gasteiger partial charge is 0.508 e. The van der Waals surface area contributed by atoms with E-state index in [2.05, 4.69) is 34.6 Å². The van der Waals surface area contributed by atoms with Gasteiger partial charge in [-0.3, -0.25) is 0 Å². The fraction of sp³-hybridized carbons (Fsp3) is 0.571. The second-order valence-corrected chi connectivity index (χ2v) is 6.24. The molecule has 1 heterocycles. The molecule has 1 N–H and O–H groups in total. The van der Waals surface area contributed by atoms with Crippen LogP contribution in [0.2, 0.25) is 0 Å². The lowest BCUT2D eigenvalue weighted by molar-refractivity contribution is 0.135. The maximum Gasteiger partial charge on any atom is 0.130 e. The Kier molecular flexibility index (Phi) is 2.23. The van der Waals surface area contributed by atoms with Gasteiger partial charge < -0.3 is 9.84 Å². The monoisotopic (exact) mass is 220 g/mol. The van der Waals surface area contributed by atoms with E-state index in [4.69, 9.17) is 4.74 Å². The lowest BCUT2D eigenvalue weighted by atomic mass is 9.84. The van der Waals surface area contributed by atoms with Gasteiger partial charge in [0.25, 0.3) is 0 Å². The third-order valence-corrected chi connectivity index (χ3v) is 2.96. The van der Waals surface area contributed by atoms with Crippen molar-refractivity contribution in [3.8, 4) is 11.5 Å². The molecule has 2 heteroatoms. The van der Waals surface area contributed by atoms with Gasteiger partial charge in [-0.15, -0.1) is 0 Å². The van der Waals surface area contributed by atoms with E-state index in [0.717, 1.165) is 17.7 Å². The zero-order valence-electron chi connectivity index (χ0n) is 10.7. The van der Waals surface area contributed by atoms with Crippen LogP contribution in [0.15, 0.2) is 12.1 Å². The van der Waals surface area contributed by atoms with Crippen LogP contribution in [0.1, 0.15) is 45.7 Å². The summed E-state index contributed by atoms with van der Waals surface area (Å²) in [5.41, 5.74) is 1.87. The van der Waals surface area contributed by atoms with E-state index in [1.807, 2.05) is 6.07 Å². The Morgan fingerprint density at radius 2 is 1.88 bits per heavy atom. The third-order valence-electron chi connectivity index (χ3n) is 2.96. The van der Waals surface area contributed by atoms with E-state index in [9.17, 15) is 5.11 Å². The van der Waals surface area contributed by atoms with Gasteiger partial charge >= 0.3 is 0 Å². The quantitative estimate of drug-likeness (QED) is 0.726. The number of hydrogen-bond donors (Lipinski definition) is 1. The molecule has 0 fully saturated rings. The molecular formula is C14H20O2. The highest BCUT2D eigenvalue weighted by Crippen LogP contribution is 2.46. The minimum Gasteiger partial charge on any atom is -0.508 e. The van der Waals surface area contributed by atoms with Gasteiger partial charge in [-0.2, -0.15) is 0 Å². The molecule has 1 aliphatic rings. The van der Waals surface area contributed by atoms with Gasteiger partial charge in [0, 0.05) is 12.0 Å². The summed E-state index contributed by atoms with van der Waals surface area (Å²) in [6, 6.07) is 3.75. The molecule has 2 nitrogen and oxygen atoms in total. The molecule has 1 aliphatic heterocycles. The first-order valence-electron chi connectivity index (χ1n) is 5.75. The average molecular weight is 220 g/mol. The maximum atomic E-state index is 10.0. The Morgan fingerprint density at radius 3 is 2.44 bits per heavy atom. The van der Waals surface area contributed by atoms with Gasteiger partial charge in [-0.05, 0) is 30.9 Å². The molecule has 16 heavy (non-hydrogen) atoms. The number of rotatable bonds is 0. The van der Waals surface area contributed by atoms with Gasteiger partial charge in [-0.25, -0.2) is 0 Å². The number of ether oxygens (including phenoxy) is 1. The predicted molar refractivity (Wildman–Crippen MR) is 65.2 cm³/mol. The van der Waals surface area contributed by atoms with Gasteiger partial charge in [0.15, 0.2) is 0 Å².